The van der Waals surface area contributed by atoms with Crippen molar-refractivity contribution >= 4 is 0 Å². The maximum atomic E-state index is 5.21. The van der Waals surface area contributed by atoms with Crippen molar-refractivity contribution in [2.75, 3.05) is 0 Å². The normalized spacial score (nSPS) is 10.8. The summed E-state index contributed by atoms with van der Waals surface area (Å²) in [5, 5.41) is 8.24. The number of aryl methyl sites for hydroxylation is 2. The summed E-state index contributed by atoms with van der Waals surface area (Å²) in [6, 6.07) is 8.08. The van der Waals surface area contributed by atoms with Gasteiger partial charge in [0.05, 0.1) is 17.4 Å². The Morgan fingerprint density at radius 1 is 1.26 bits per heavy atom. The van der Waals surface area contributed by atoms with Gasteiger partial charge in [0.1, 0.15) is 0 Å². The third-order valence-electron chi connectivity index (χ3n) is 2.98. The number of aromatic nitrogens is 4. The number of hydrogen-bond acceptors (Lipinski definition) is 4. The van der Waals surface area contributed by atoms with Crippen molar-refractivity contribution in [2.24, 2.45) is 0 Å². The molecule has 19 heavy (non-hydrogen) atoms. The van der Waals surface area contributed by atoms with Gasteiger partial charge in [-0.05, 0) is 18.6 Å². The number of rotatable bonds is 3. The van der Waals surface area contributed by atoms with E-state index in [2.05, 4.69) is 28.2 Å². The molecule has 0 bridgehead atoms. The Morgan fingerprint density at radius 2 is 2.11 bits per heavy atom. The Balaban J connectivity index is 1.97. The second-order valence-electron chi connectivity index (χ2n) is 4.33. The molecule has 0 saturated carbocycles. The van der Waals surface area contributed by atoms with Crippen LogP contribution in [0.4, 0.5) is 0 Å². The fourth-order valence-electron chi connectivity index (χ4n) is 1.90. The molecule has 5 heteroatoms. The summed E-state index contributed by atoms with van der Waals surface area (Å²) in [6.07, 6.45) is 4.39. The van der Waals surface area contributed by atoms with Crippen LogP contribution in [-0.2, 0) is 6.42 Å². The Bertz CT molecular complexity index is 699. The van der Waals surface area contributed by atoms with Crippen LogP contribution < -0.4 is 0 Å². The summed E-state index contributed by atoms with van der Waals surface area (Å²) >= 11 is 0. The molecule has 3 rings (SSSR count). The fourth-order valence-corrected chi connectivity index (χ4v) is 1.90. The highest BCUT2D eigenvalue weighted by atomic mass is 16.5. The predicted molar refractivity (Wildman–Crippen MR) is 71.0 cm³/mol. The highest BCUT2D eigenvalue weighted by Gasteiger charge is 2.11. The van der Waals surface area contributed by atoms with Crippen molar-refractivity contribution in [3.8, 4) is 17.1 Å². The summed E-state index contributed by atoms with van der Waals surface area (Å²) in [7, 11) is 0. The molecule has 0 amide bonds. The summed E-state index contributed by atoms with van der Waals surface area (Å²) < 4.78 is 7.03. The molecule has 0 saturated heterocycles. The van der Waals surface area contributed by atoms with Crippen molar-refractivity contribution in [1.29, 1.82) is 0 Å². The van der Waals surface area contributed by atoms with Gasteiger partial charge < -0.3 is 4.52 Å². The van der Waals surface area contributed by atoms with Gasteiger partial charge in [0.25, 0.3) is 5.89 Å². The molecule has 0 spiro atoms. The Morgan fingerprint density at radius 3 is 2.84 bits per heavy atom. The molecule has 0 aliphatic heterocycles. The van der Waals surface area contributed by atoms with Gasteiger partial charge in [-0.2, -0.15) is 10.1 Å². The largest absolute Gasteiger partial charge is 0.334 e. The van der Waals surface area contributed by atoms with Crippen LogP contribution in [0, 0.1) is 6.92 Å². The van der Waals surface area contributed by atoms with Crippen LogP contribution in [0.3, 0.4) is 0 Å². The Kier molecular flexibility index (Phi) is 2.87. The number of nitrogens with zero attached hydrogens (tertiary/aromatic N) is 4. The van der Waals surface area contributed by atoms with E-state index in [0.717, 1.165) is 23.2 Å². The SMILES string of the molecule is CCc1noc(-c2cnn(-c3ccccc3C)c2)n1. The van der Waals surface area contributed by atoms with Gasteiger partial charge in [-0.3, -0.25) is 0 Å². The van der Waals surface area contributed by atoms with Crippen molar-refractivity contribution in [3.05, 3.63) is 48.0 Å². The van der Waals surface area contributed by atoms with Gasteiger partial charge in [0, 0.05) is 12.6 Å². The third-order valence-corrected chi connectivity index (χ3v) is 2.98. The monoisotopic (exact) mass is 254 g/mol. The van der Waals surface area contributed by atoms with E-state index in [4.69, 9.17) is 4.52 Å². The number of benzene rings is 1. The summed E-state index contributed by atoms with van der Waals surface area (Å²) in [6.45, 7) is 4.05. The van der Waals surface area contributed by atoms with E-state index in [0.29, 0.717) is 11.7 Å². The van der Waals surface area contributed by atoms with Gasteiger partial charge >= 0.3 is 0 Å². The van der Waals surface area contributed by atoms with Crippen LogP contribution in [0.5, 0.6) is 0 Å². The third kappa shape index (κ3) is 2.14. The van der Waals surface area contributed by atoms with E-state index < -0.39 is 0 Å². The van der Waals surface area contributed by atoms with E-state index in [1.807, 2.05) is 36.0 Å². The Hall–Kier alpha value is -2.43. The molecule has 0 unspecified atom stereocenters. The second kappa shape index (κ2) is 4.68. The minimum Gasteiger partial charge on any atom is -0.334 e. The van der Waals surface area contributed by atoms with Gasteiger partial charge in [-0.1, -0.05) is 30.3 Å². The maximum absolute atomic E-state index is 5.21. The first-order valence-electron chi connectivity index (χ1n) is 6.21. The van der Waals surface area contributed by atoms with Gasteiger partial charge in [0.15, 0.2) is 5.82 Å². The van der Waals surface area contributed by atoms with Crippen molar-refractivity contribution in [3.63, 3.8) is 0 Å². The smallest absolute Gasteiger partial charge is 0.261 e. The van der Waals surface area contributed by atoms with Crippen LogP contribution in [0.2, 0.25) is 0 Å². The molecule has 2 aromatic heterocycles. The zero-order valence-corrected chi connectivity index (χ0v) is 10.9. The van der Waals surface area contributed by atoms with Crippen LogP contribution in [-0.4, -0.2) is 19.9 Å². The van der Waals surface area contributed by atoms with Gasteiger partial charge in [-0.15, -0.1) is 0 Å². The molecule has 0 atom stereocenters. The minimum atomic E-state index is 0.511. The molecule has 0 radical (unpaired) electrons. The summed E-state index contributed by atoms with van der Waals surface area (Å²) in [4.78, 5) is 4.30. The van der Waals surface area contributed by atoms with Crippen LogP contribution in [0.1, 0.15) is 18.3 Å². The minimum absolute atomic E-state index is 0.511. The zero-order chi connectivity index (χ0) is 13.2. The first-order chi connectivity index (χ1) is 9.28. The molecular formula is C14H14N4O. The van der Waals surface area contributed by atoms with Crippen LogP contribution >= 0.6 is 0 Å². The van der Waals surface area contributed by atoms with E-state index in [1.165, 1.54) is 0 Å². The molecule has 3 aromatic rings. The lowest BCUT2D eigenvalue weighted by Gasteiger charge is -2.03. The first-order valence-corrected chi connectivity index (χ1v) is 6.21. The summed E-state index contributed by atoms with van der Waals surface area (Å²) in [5.74, 6) is 1.22. The lowest BCUT2D eigenvalue weighted by Crippen LogP contribution is -1.96. The summed E-state index contributed by atoms with van der Waals surface area (Å²) in [5.41, 5.74) is 3.04. The first kappa shape index (κ1) is 11.6. The zero-order valence-electron chi connectivity index (χ0n) is 10.9. The molecule has 96 valence electrons. The van der Waals surface area contributed by atoms with E-state index in [1.54, 1.807) is 6.20 Å². The molecule has 0 N–H and O–H groups in total. The number of para-hydroxylation sites is 1. The highest BCUT2D eigenvalue weighted by Crippen LogP contribution is 2.19. The molecular weight excluding hydrogens is 240 g/mol. The fraction of sp³-hybridized carbons (Fsp3) is 0.214. The maximum Gasteiger partial charge on any atom is 0.261 e. The van der Waals surface area contributed by atoms with Crippen LogP contribution in [0.15, 0.2) is 41.2 Å². The molecule has 2 heterocycles. The average Bonchev–Trinajstić information content (AvgIpc) is 3.08. The molecule has 0 fully saturated rings. The quantitative estimate of drug-likeness (QED) is 0.721. The topological polar surface area (TPSA) is 56.7 Å². The van der Waals surface area contributed by atoms with Crippen molar-refractivity contribution < 1.29 is 4.52 Å². The van der Waals surface area contributed by atoms with E-state index in [9.17, 15) is 0 Å². The molecule has 0 aliphatic rings. The lowest BCUT2D eigenvalue weighted by molar-refractivity contribution is 0.423. The van der Waals surface area contributed by atoms with Gasteiger partial charge in [0.2, 0.25) is 0 Å². The molecule has 1 aromatic carbocycles. The van der Waals surface area contributed by atoms with E-state index >= 15 is 0 Å². The van der Waals surface area contributed by atoms with Crippen molar-refractivity contribution in [2.45, 2.75) is 20.3 Å². The highest BCUT2D eigenvalue weighted by molar-refractivity contribution is 5.52. The Labute approximate surface area is 110 Å². The second-order valence-corrected chi connectivity index (χ2v) is 4.33. The predicted octanol–water partition coefficient (Wildman–Crippen LogP) is 2.79. The van der Waals surface area contributed by atoms with Crippen molar-refractivity contribution in [1.82, 2.24) is 19.9 Å². The number of hydrogen-bond donors (Lipinski definition) is 0. The molecule has 5 nitrogen and oxygen atoms in total. The van der Waals surface area contributed by atoms with Crippen LogP contribution in [0.25, 0.3) is 17.1 Å². The molecule has 0 aliphatic carbocycles. The lowest BCUT2D eigenvalue weighted by atomic mass is 10.2. The van der Waals surface area contributed by atoms with E-state index in [-0.39, 0.29) is 0 Å². The van der Waals surface area contributed by atoms with Gasteiger partial charge in [-0.25, -0.2) is 4.68 Å². The average molecular weight is 254 g/mol. The standard InChI is InChI=1S/C14H14N4O/c1-3-13-16-14(19-17-13)11-8-15-18(9-11)12-7-5-4-6-10(12)2/h4-9H,3H2,1-2H3.